The van der Waals surface area contributed by atoms with Gasteiger partial charge >= 0.3 is 0 Å². The van der Waals surface area contributed by atoms with Gasteiger partial charge in [-0.1, -0.05) is 48.5 Å². The van der Waals surface area contributed by atoms with Crippen LogP contribution in [0.5, 0.6) is 0 Å². The maximum absolute atomic E-state index is 4.62. The molecule has 2 aromatic carbocycles. The van der Waals surface area contributed by atoms with Gasteiger partial charge in [0, 0.05) is 18.0 Å². The molecular formula is C19H20N4. The van der Waals surface area contributed by atoms with Gasteiger partial charge in [-0.15, -0.1) is 6.58 Å². The molecule has 0 spiro atoms. The first-order valence-electron chi connectivity index (χ1n) is 7.71. The van der Waals surface area contributed by atoms with Gasteiger partial charge in [-0.3, -0.25) is 0 Å². The second kappa shape index (κ2) is 6.92. The second-order valence-electron chi connectivity index (χ2n) is 5.36. The van der Waals surface area contributed by atoms with Crippen LogP contribution in [0.4, 0.5) is 11.8 Å². The average molecular weight is 304 g/mol. The molecule has 1 unspecified atom stereocenters. The summed E-state index contributed by atoms with van der Waals surface area (Å²) in [5, 5.41) is 7.67. The molecule has 0 saturated carbocycles. The molecule has 0 aliphatic carbocycles. The highest BCUT2D eigenvalue weighted by Crippen LogP contribution is 2.25. The Morgan fingerprint density at radius 3 is 2.57 bits per heavy atom. The molecule has 4 heteroatoms. The predicted molar refractivity (Wildman–Crippen MR) is 96.7 cm³/mol. The molecule has 0 bridgehead atoms. The standard InChI is InChI=1S/C19H20N4/c1-3-13-20-19-22-17-12-8-7-11-16(17)18(23-19)21-14(2)15-9-5-4-6-10-15/h3-12,14H,1,13H2,2H3,(H2,20,21,22,23). The van der Waals surface area contributed by atoms with E-state index >= 15 is 0 Å². The third-order valence-electron chi connectivity index (χ3n) is 3.66. The molecule has 1 heterocycles. The van der Waals surface area contributed by atoms with E-state index in [-0.39, 0.29) is 6.04 Å². The van der Waals surface area contributed by atoms with Crippen molar-refractivity contribution < 1.29 is 0 Å². The first-order valence-corrected chi connectivity index (χ1v) is 7.71. The van der Waals surface area contributed by atoms with Crippen LogP contribution in [0.2, 0.25) is 0 Å². The largest absolute Gasteiger partial charge is 0.363 e. The van der Waals surface area contributed by atoms with Crippen molar-refractivity contribution in [2.45, 2.75) is 13.0 Å². The van der Waals surface area contributed by atoms with E-state index in [0.717, 1.165) is 16.7 Å². The topological polar surface area (TPSA) is 49.8 Å². The van der Waals surface area contributed by atoms with Crippen molar-refractivity contribution >= 4 is 22.7 Å². The van der Waals surface area contributed by atoms with E-state index in [1.54, 1.807) is 6.08 Å². The summed E-state index contributed by atoms with van der Waals surface area (Å²) in [6, 6.07) is 18.5. The van der Waals surface area contributed by atoms with E-state index in [0.29, 0.717) is 12.5 Å². The van der Waals surface area contributed by atoms with E-state index in [9.17, 15) is 0 Å². The Balaban J connectivity index is 1.96. The lowest BCUT2D eigenvalue weighted by Crippen LogP contribution is -2.11. The molecule has 2 N–H and O–H groups in total. The van der Waals surface area contributed by atoms with Crippen LogP contribution in [-0.2, 0) is 0 Å². The van der Waals surface area contributed by atoms with Gasteiger partial charge in [0.15, 0.2) is 0 Å². The van der Waals surface area contributed by atoms with Gasteiger partial charge in [0.25, 0.3) is 0 Å². The molecule has 116 valence electrons. The number of hydrogen-bond acceptors (Lipinski definition) is 4. The summed E-state index contributed by atoms with van der Waals surface area (Å²) in [6.07, 6.45) is 1.79. The smallest absolute Gasteiger partial charge is 0.225 e. The molecule has 1 atom stereocenters. The van der Waals surface area contributed by atoms with Crippen molar-refractivity contribution in [3.8, 4) is 0 Å². The number of nitrogens with one attached hydrogen (secondary N) is 2. The monoisotopic (exact) mass is 304 g/mol. The lowest BCUT2D eigenvalue weighted by Gasteiger charge is -2.17. The molecule has 3 rings (SSSR count). The third kappa shape index (κ3) is 3.48. The summed E-state index contributed by atoms with van der Waals surface area (Å²) >= 11 is 0. The van der Waals surface area contributed by atoms with Crippen LogP contribution in [0.1, 0.15) is 18.5 Å². The highest BCUT2D eigenvalue weighted by molar-refractivity contribution is 5.90. The highest BCUT2D eigenvalue weighted by Gasteiger charge is 2.11. The minimum absolute atomic E-state index is 0.154. The van der Waals surface area contributed by atoms with Gasteiger partial charge in [0.2, 0.25) is 5.95 Å². The highest BCUT2D eigenvalue weighted by atomic mass is 15.1. The average Bonchev–Trinajstić information content (AvgIpc) is 2.60. The molecule has 0 saturated heterocycles. The van der Waals surface area contributed by atoms with E-state index < -0.39 is 0 Å². The quantitative estimate of drug-likeness (QED) is 0.663. The zero-order valence-electron chi connectivity index (χ0n) is 13.2. The molecule has 0 aliphatic heterocycles. The van der Waals surface area contributed by atoms with E-state index in [2.05, 4.69) is 46.2 Å². The number of rotatable bonds is 6. The molecule has 23 heavy (non-hydrogen) atoms. The van der Waals surface area contributed by atoms with Crippen LogP contribution >= 0.6 is 0 Å². The van der Waals surface area contributed by atoms with Gasteiger partial charge < -0.3 is 10.6 Å². The number of hydrogen-bond donors (Lipinski definition) is 2. The SMILES string of the molecule is C=CCNc1nc(NC(C)c2ccccc2)c2ccccc2n1. The van der Waals surface area contributed by atoms with E-state index in [1.807, 2.05) is 42.5 Å². The summed E-state index contributed by atoms with van der Waals surface area (Å²) in [5.74, 6) is 1.44. The maximum Gasteiger partial charge on any atom is 0.225 e. The number of aromatic nitrogens is 2. The number of para-hydroxylation sites is 1. The van der Waals surface area contributed by atoms with Crippen LogP contribution in [0.3, 0.4) is 0 Å². The number of anilines is 2. The Kier molecular flexibility index (Phi) is 4.52. The van der Waals surface area contributed by atoms with E-state index in [4.69, 9.17) is 0 Å². The lowest BCUT2D eigenvalue weighted by molar-refractivity contribution is 0.876. The minimum atomic E-state index is 0.154. The maximum atomic E-state index is 4.62. The van der Waals surface area contributed by atoms with Gasteiger partial charge in [-0.25, -0.2) is 4.98 Å². The molecule has 1 aromatic heterocycles. The van der Waals surface area contributed by atoms with Crippen molar-refractivity contribution in [1.82, 2.24) is 9.97 Å². The summed E-state index contributed by atoms with van der Waals surface area (Å²) in [7, 11) is 0. The number of benzene rings is 2. The summed E-state index contributed by atoms with van der Waals surface area (Å²) in [6.45, 7) is 6.47. The predicted octanol–water partition coefficient (Wildman–Crippen LogP) is 4.40. The Morgan fingerprint density at radius 1 is 1.04 bits per heavy atom. The van der Waals surface area contributed by atoms with Gasteiger partial charge in [-0.2, -0.15) is 4.98 Å². The molecular weight excluding hydrogens is 284 g/mol. The van der Waals surface area contributed by atoms with Crippen molar-refractivity contribution in [3.05, 3.63) is 72.8 Å². The Morgan fingerprint density at radius 2 is 1.78 bits per heavy atom. The van der Waals surface area contributed by atoms with Crippen LogP contribution in [0.15, 0.2) is 67.3 Å². The third-order valence-corrected chi connectivity index (χ3v) is 3.66. The van der Waals surface area contributed by atoms with Crippen molar-refractivity contribution in [2.75, 3.05) is 17.2 Å². The fourth-order valence-corrected chi connectivity index (χ4v) is 2.46. The number of fused-ring (bicyclic) bond motifs is 1. The first-order chi connectivity index (χ1) is 11.3. The van der Waals surface area contributed by atoms with Crippen molar-refractivity contribution in [3.63, 3.8) is 0 Å². The Labute approximate surface area is 136 Å². The Hall–Kier alpha value is -2.88. The minimum Gasteiger partial charge on any atom is -0.363 e. The molecule has 3 aromatic rings. The van der Waals surface area contributed by atoms with E-state index in [1.165, 1.54) is 5.56 Å². The summed E-state index contributed by atoms with van der Waals surface area (Å²) < 4.78 is 0. The number of nitrogens with zero attached hydrogens (tertiary/aromatic N) is 2. The first kappa shape index (κ1) is 15.0. The van der Waals surface area contributed by atoms with Crippen LogP contribution in [0.25, 0.3) is 10.9 Å². The zero-order chi connectivity index (χ0) is 16.1. The molecule has 0 radical (unpaired) electrons. The zero-order valence-corrected chi connectivity index (χ0v) is 13.2. The fraction of sp³-hybridized carbons (Fsp3) is 0.158. The molecule has 4 nitrogen and oxygen atoms in total. The second-order valence-corrected chi connectivity index (χ2v) is 5.36. The summed E-state index contributed by atoms with van der Waals surface area (Å²) in [4.78, 5) is 9.17. The van der Waals surface area contributed by atoms with Crippen LogP contribution in [-0.4, -0.2) is 16.5 Å². The molecule has 0 fully saturated rings. The van der Waals surface area contributed by atoms with Crippen molar-refractivity contribution in [2.24, 2.45) is 0 Å². The van der Waals surface area contributed by atoms with Gasteiger partial charge in [-0.05, 0) is 24.6 Å². The van der Waals surface area contributed by atoms with Crippen LogP contribution in [0, 0.1) is 0 Å². The Bertz CT molecular complexity index is 799. The lowest BCUT2D eigenvalue weighted by atomic mass is 10.1. The molecule has 0 amide bonds. The molecule has 0 aliphatic rings. The van der Waals surface area contributed by atoms with Gasteiger partial charge in [0.1, 0.15) is 5.82 Å². The normalized spacial score (nSPS) is 11.9. The fourth-order valence-electron chi connectivity index (χ4n) is 2.46. The van der Waals surface area contributed by atoms with Crippen LogP contribution < -0.4 is 10.6 Å². The summed E-state index contributed by atoms with van der Waals surface area (Å²) in [5.41, 5.74) is 2.13. The van der Waals surface area contributed by atoms with Gasteiger partial charge in [0.05, 0.1) is 5.52 Å². The van der Waals surface area contributed by atoms with Crippen molar-refractivity contribution in [1.29, 1.82) is 0 Å².